The zero-order valence-corrected chi connectivity index (χ0v) is 11.7. The highest BCUT2D eigenvalue weighted by Gasteiger charge is 2.12. The Morgan fingerprint density at radius 2 is 2.10 bits per heavy atom. The van der Waals surface area contributed by atoms with Crippen LogP contribution in [-0.2, 0) is 6.42 Å². The molecule has 2 aromatic heterocycles. The Morgan fingerprint density at radius 1 is 1.19 bits per heavy atom. The summed E-state index contributed by atoms with van der Waals surface area (Å²) in [5.41, 5.74) is 8.25. The zero-order chi connectivity index (χ0) is 14.7. The lowest BCUT2D eigenvalue weighted by molar-refractivity contribution is 0.432. The van der Waals surface area contributed by atoms with E-state index in [9.17, 15) is 0 Å². The molecule has 0 aliphatic carbocycles. The zero-order valence-electron chi connectivity index (χ0n) is 11.7. The third-order valence-corrected chi connectivity index (χ3v) is 3.04. The van der Waals surface area contributed by atoms with Crippen molar-refractivity contribution in [2.75, 3.05) is 6.54 Å². The molecule has 0 radical (unpaired) electrons. The average molecular weight is 281 g/mol. The van der Waals surface area contributed by atoms with E-state index in [4.69, 9.17) is 10.3 Å². The van der Waals surface area contributed by atoms with E-state index < -0.39 is 0 Å². The lowest BCUT2D eigenvalue weighted by Gasteiger charge is -2.00. The molecule has 3 aromatic rings. The van der Waals surface area contributed by atoms with Crippen LogP contribution >= 0.6 is 0 Å². The highest BCUT2D eigenvalue weighted by atomic mass is 16.5. The number of rotatable bonds is 4. The van der Waals surface area contributed by atoms with Gasteiger partial charge in [0.1, 0.15) is 11.5 Å². The van der Waals surface area contributed by atoms with Gasteiger partial charge in [0, 0.05) is 11.8 Å². The quantitative estimate of drug-likeness (QED) is 0.786. The van der Waals surface area contributed by atoms with Gasteiger partial charge in [0.05, 0.1) is 0 Å². The molecule has 2 N–H and O–H groups in total. The Labute approximate surface area is 122 Å². The Kier molecular flexibility index (Phi) is 3.70. The van der Waals surface area contributed by atoms with Crippen LogP contribution in [0.4, 0.5) is 0 Å². The number of nitrogens with zero attached hydrogens (tertiary/aromatic N) is 4. The van der Waals surface area contributed by atoms with Crippen molar-refractivity contribution in [2.24, 2.45) is 5.73 Å². The third kappa shape index (κ3) is 2.95. The van der Waals surface area contributed by atoms with Crippen molar-refractivity contribution in [3.05, 3.63) is 47.9 Å². The minimum atomic E-state index is 0.458. The molecule has 21 heavy (non-hydrogen) atoms. The monoisotopic (exact) mass is 281 g/mol. The Morgan fingerprint density at radius 3 is 2.90 bits per heavy atom. The molecule has 6 nitrogen and oxygen atoms in total. The average Bonchev–Trinajstić information content (AvgIpc) is 2.98. The van der Waals surface area contributed by atoms with Crippen LogP contribution in [0.1, 0.15) is 11.4 Å². The molecule has 2 heterocycles. The number of nitrogens with two attached hydrogens (primary N) is 1. The van der Waals surface area contributed by atoms with Gasteiger partial charge in [-0.2, -0.15) is 4.98 Å². The molecule has 0 fully saturated rings. The van der Waals surface area contributed by atoms with E-state index in [0.29, 0.717) is 29.8 Å². The highest BCUT2D eigenvalue weighted by molar-refractivity contribution is 5.58. The Bertz CT molecular complexity index is 753. The normalized spacial score (nSPS) is 10.8. The number of hydrogen-bond acceptors (Lipinski definition) is 6. The molecule has 3 rings (SSSR count). The van der Waals surface area contributed by atoms with Crippen LogP contribution in [0.3, 0.4) is 0 Å². The second-order valence-electron chi connectivity index (χ2n) is 4.65. The van der Waals surface area contributed by atoms with Gasteiger partial charge in [0.15, 0.2) is 0 Å². The fourth-order valence-electron chi connectivity index (χ4n) is 2.05. The topological polar surface area (TPSA) is 90.7 Å². The van der Waals surface area contributed by atoms with Gasteiger partial charge in [-0.05, 0) is 43.7 Å². The van der Waals surface area contributed by atoms with Crippen molar-refractivity contribution in [1.82, 2.24) is 20.1 Å². The molecule has 0 amide bonds. The van der Waals surface area contributed by atoms with Gasteiger partial charge in [-0.25, -0.2) is 9.97 Å². The largest absolute Gasteiger partial charge is 0.334 e. The maximum atomic E-state index is 5.58. The van der Waals surface area contributed by atoms with Gasteiger partial charge in [-0.3, -0.25) is 0 Å². The molecule has 0 atom stereocenters. The fourth-order valence-corrected chi connectivity index (χ4v) is 2.05. The van der Waals surface area contributed by atoms with E-state index in [1.165, 1.54) is 0 Å². The standard InChI is InChI=1S/C15H15N5O/c1-10-17-8-6-13(18-10)14-19-15(21-20-14)12-4-2-3-11(9-12)5-7-16/h2-4,6,8-9H,5,7,16H2,1H3. The highest BCUT2D eigenvalue weighted by Crippen LogP contribution is 2.22. The molecule has 6 heteroatoms. The Hall–Kier alpha value is -2.60. The van der Waals surface area contributed by atoms with Gasteiger partial charge in [0.25, 0.3) is 5.89 Å². The first-order valence-electron chi connectivity index (χ1n) is 6.69. The molecule has 0 aliphatic rings. The lowest BCUT2D eigenvalue weighted by Crippen LogP contribution is -2.02. The van der Waals surface area contributed by atoms with Gasteiger partial charge >= 0.3 is 0 Å². The fraction of sp³-hybridized carbons (Fsp3) is 0.200. The van der Waals surface area contributed by atoms with Crippen molar-refractivity contribution in [1.29, 1.82) is 0 Å². The van der Waals surface area contributed by atoms with Crippen molar-refractivity contribution < 1.29 is 4.52 Å². The lowest BCUT2D eigenvalue weighted by atomic mass is 10.1. The van der Waals surface area contributed by atoms with Gasteiger partial charge < -0.3 is 10.3 Å². The number of benzene rings is 1. The third-order valence-electron chi connectivity index (χ3n) is 3.04. The molecule has 1 aromatic carbocycles. The molecular weight excluding hydrogens is 266 g/mol. The summed E-state index contributed by atoms with van der Waals surface area (Å²) in [7, 11) is 0. The van der Waals surface area contributed by atoms with Crippen LogP contribution in [0.2, 0.25) is 0 Å². The van der Waals surface area contributed by atoms with E-state index in [1.807, 2.05) is 31.2 Å². The summed E-state index contributed by atoms with van der Waals surface area (Å²) in [5.74, 6) is 1.60. The van der Waals surface area contributed by atoms with Crippen LogP contribution in [0.5, 0.6) is 0 Å². The summed E-state index contributed by atoms with van der Waals surface area (Å²) in [6.45, 7) is 2.43. The second kappa shape index (κ2) is 5.80. The van der Waals surface area contributed by atoms with Crippen LogP contribution in [0.25, 0.3) is 23.0 Å². The van der Waals surface area contributed by atoms with E-state index in [2.05, 4.69) is 20.1 Å². The molecule has 0 unspecified atom stereocenters. The van der Waals surface area contributed by atoms with Crippen LogP contribution in [-0.4, -0.2) is 26.7 Å². The van der Waals surface area contributed by atoms with Crippen molar-refractivity contribution in [2.45, 2.75) is 13.3 Å². The summed E-state index contributed by atoms with van der Waals surface area (Å²) < 4.78 is 5.33. The van der Waals surface area contributed by atoms with E-state index in [0.717, 1.165) is 17.5 Å². The summed E-state index contributed by atoms with van der Waals surface area (Å²) in [6.07, 6.45) is 2.50. The van der Waals surface area contributed by atoms with Crippen molar-refractivity contribution in [3.8, 4) is 23.0 Å². The van der Waals surface area contributed by atoms with Gasteiger partial charge in [-0.15, -0.1) is 0 Å². The van der Waals surface area contributed by atoms with Gasteiger partial charge in [-0.1, -0.05) is 17.3 Å². The first-order chi connectivity index (χ1) is 10.3. The first kappa shape index (κ1) is 13.4. The Balaban J connectivity index is 1.93. The molecule has 0 spiro atoms. The maximum absolute atomic E-state index is 5.58. The maximum Gasteiger partial charge on any atom is 0.258 e. The van der Waals surface area contributed by atoms with E-state index in [-0.39, 0.29) is 0 Å². The SMILES string of the molecule is Cc1nccc(-c2noc(-c3cccc(CCN)c3)n2)n1. The minimum Gasteiger partial charge on any atom is -0.334 e. The second-order valence-corrected chi connectivity index (χ2v) is 4.65. The first-order valence-corrected chi connectivity index (χ1v) is 6.69. The van der Waals surface area contributed by atoms with Crippen LogP contribution in [0.15, 0.2) is 41.1 Å². The van der Waals surface area contributed by atoms with E-state index >= 15 is 0 Å². The van der Waals surface area contributed by atoms with Crippen LogP contribution < -0.4 is 5.73 Å². The number of aromatic nitrogens is 4. The predicted octanol–water partition coefficient (Wildman–Crippen LogP) is 2.00. The predicted molar refractivity (Wildman–Crippen MR) is 78.3 cm³/mol. The van der Waals surface area contributed by atoms with Gasteiger partial charge in [0.2, 0.25) is 5.82 Å². The molecular formula is C15H15N5O. The summed E-state index contributed by atoms with van der Waals surface area (Å²) in [6, 6.07) is 9.69. The summed E-state index contributed by atoms with van der Waals surface area (Å²) in [4.78, 5) is 12.7. The van der Waals surface area contributed by atoms with Crippen molar-refractivity contribution >= 4 is 0 Å². The molecule has 106 valence electrons. The van der Waals surface area contributed by atoms with E-state index in [1.54, 1.807) is 12.3 Å². The molecule has 0 aliphatic heterocycles. The summed E-state index contributed by atoms with van der Waals surface area (Å²) in [5, 5.41) is 3.98. The molecule has 0 saturated carbocycles. The minimum absolute atomic E-state index is 0.458. The summed E-state index contributed by atoms with van der Waals surface area (Å²) >= 11 is 0. The number of aryl methyl sites for hydroxylation is 1. The molecule has 0 bridgehead atoms. The van der Waals surface area contributed by atoms with Crippen LogP contribution in [0, 0.1) is 6.92 Å². The smallest absolute Gasteiger partial charge is 0.258 e. The number of hydrogen-bond donors (Lipinski definition) is 1. The molecule has 0 saturated heterocycles. The van der Waals surface area contributed by atoms with Crippen molar-refractivity contribution in [3.63, 3.8) is 0 Å².